The van der Waals surface area contributed by atoms with Gasteiger partial charge in [-0.15, -0.1) is 0 Å². The maximum Gasteiger partial charge on any atom is 0.339 e. The van der Waals surface area contributed by atoms with Crippen LogP contribution < -0.4 is 5.32 Å². The van der Waals surface area contributed by atoms with Crippen LogP contribution in [0.4, 0.5) is 5.69 Å². The Morgan fingerprint density at radius 3 is 2.25 bits per heavy atom. The fourth-order valence-corrected chi connectivity index (χ4v) is 3.57. The fourth-order valence-electron chi connectivity index (χ4n) is 3.05. The van der Waals surface area contributed by atoms with Crippen molar-refractivity contribution < 1.29 is 24.6 Å². The van der Waals surface area contributed by atoms with Gasteiger partial charge >= 0.3 is 5.97 Å². The van der Waals surface area contributed by atoms with Crippen molar-refractivity contribution in [1.82, 2.24) is 4.90 Å². The molecule has 0 aliphatic heterocycles. The van der Waals surface area contributed by atoms with Crippen molar-refractivity contribution in [3.8, 4) is 16.9 Å². The van der Waals surface area contributed by atoms with Gasteiger partial charge in [0.1, 0.15) is 11.3 Å². The number of carboxylic acid groups (broad SMARTS) is 1. The van der Waals surface area contributed by atoms with Gasteiger partial charge in [-0.05, 0) is 42.0 Å². The summed E-state index contributed by atoms with van der Waals surface area (Å²) in [6.07, 6.45) is 0. The summed E-state index contributed by atoms with van der Waals surface area (Å²) in [5.74, 6) is -3.32. The summed E-state index contributed by atoms with van der Waals surface area (Å²) in [5.41, 5.74) is 1.03. The van der Waals surface area contributed by atoms with Gasteiger partial charge in [0, 0.05) is 35.4 Å². The summed E-state index contributed by atoms with van der Waals surface area (Å²) < 4.78 is 0. The Labute approximate surface area is 193 Å². The Kier molecular flexibility index (Phi) is 6.72. The first-order chi connectivity index (χ1) is 15.1. The van der Waals surface area contributed by atoms with Crippen molar-refractivity contribution in [2.45, 2.75) is 0 Å². The summed E-state index contributed by atoms with van der Waals surface area (Å²) in [6.45, 7) is 0. The quantitative estimate of drug-likeness (QED) is 0.483. The Hall–Kier alpha value is -3.55. The number of nitrogens with zero attached hydrogens (tertiary/aromatic N) is 1. The van der Waals surface area contributed by atoms with Gasteiger partial charge in [-0.1, -0.05) is 41.4 Å². The molecule has 3 aromatic carbocycles. The second-order valence-electron chi connectivity index (χ2n) is 7.08. The second kappa shape index (κ2) is 9.30. The topological polar surface area (TPSA) is 107 Å². The van der Waals surface area contributed by atoms with E-state index >= 15 is 0 Å². The third-order valence-electron chi connectivity index (χ3n) is 4.61. The van der Waals surface area contributed by atoms with Crippen LogP contribution in [0.2, 0.25) is 10.0 Å². The largest absolute Gasteiger partial charge is 0.507 e. The van der Waals surface area contributed by atoms with Crippen molar-refractivity contribution in [2.24, 2.45) is 0 Å². The van der Waals surface area contributed by atoms with E-state index in [0.29, 0.717) is 21.3 Å². The van der Waals surface area contributed by atoms with Crippen molar-refractivity contribution in [1.29, 1.82) is 0 Å². The number of anilines is 1. The third kappa shape index (κ3) is 4.85. The lowest BCUT2D eigenvalue weighted by Crippen LogP contribution is -2.26. The molecule has 0 atom stereocenters. The van der Waals surface area contributed by atoms with Crippen molar-refractivity contribution in [3.05, 3.63) is 81.3 Å². The van der Waals surface area contributed by atoms with E-state index < -0.39 is 29.1 Å². The molecule has 0 fully saturated rings. The smallest absolute Gasteiger partial charge is 0.339 e. The van der Waals surface area contributed by atoms with Gasteiger partial charge in [-0.25, -0.2) is 4.79 Å². The van der Waals surface area contributed by atoms with E-state index in [-0.39, 0.29) is 11.1 Å². The van der Waals surface area contributed by atoms with Gasteiger partial charge in [0.25, 0.3) is 11.8 Å². The molecule has 3 N–H and O–H groups in total. The number of aromatic hydroxyl groups is 1. The van der Waals surface area contributed by atoms with Crippen LogP contribution in [0.15, 0.2) is 54.6 Å². The maximum absolute atomic E-state index is 13.0. The van der Waals surface area contributed by atoms with E-state index in [2.05, 4.69) is 5.32 Å². The molecule has 9 heteroatoms. The first kappa shape index (κ1) is 23.1. The lowest BCUT2D eigenvalue weighted by Gasteiger charge is -2.16. The minimum Gasteiger partial charge on any atom is -0.507 e. The van der Waals surface area contributed by atoms with Gasteiger partial charge < -0.3 is 20.4 Å². The molecule has 0 aliphatic rings. The number of amides is 2. The van der Waals surface area contributed by atoms with Gasteiger partial charge in [-0.3, -0.25) is 9.59 Å². The average molecular weight is 473 g/mol. The third-order valence-corrected chi connectivity index (χ3v) is 5.16. The van der Waals surface area contributed by atoms with E-state index in [4.69, 9.17) is 23.2 Å². The van der Waals surface area contributed by atoms with Crippen LogP contribution in [-0.4, -0.2) is 47.0 Å². The normalized spacial score (nSPS) is 10.5. The van der Waals surface area contributed by atoms with E-state index in [1.54, 1.807) is 42.5 Å². The number of carbonyl (C=O) groups excluding carboxylic acids is 2. The summed E-state index contributed by atoms with van der Waals surface area (Å²) in [7, 11) is 2.94. The molecule has 0 saturated heterocycles. The highest BCUT2D eigenvalue weighted by atomic mass is 35.5. The number of carboxylic acids is 1. The highest BCUT2D eigenvalue weighted by molar-refractivity contribution is 6.36. The molecule has 0 saturated carbocycles. The highest BCUT2D eigenvalue weighted by Gasteiger charge is 2.24. The molecule has 164 valence electrons. The van der Waals surface area contributed by atoms with E-state index in [0.717, 1.165) is 17.7 Å². The number of halogens is 2. The Balaban J connectivity index is 1.99. The summed E-state index contributed by atoms with van der Waals surface area (Å²) in [5, 5.41) is 22.9. The number of rotatable bonds is 5. The number of hydrogen-bond donors (Lipinski definition) is 3. The van der Waals surface area contributed by atoms with Gasteiger partial charge in [-0.2, -0.15) is 0 Å². The Morgan fingerprint density at radius 2 is 1.62 bits per heavy atom. The number of nitrogens with one attached hydrogen (secondary N) is 1. The van der Waals surface area contributed by atoms with Crippen LogP contribution in [0, 0.1) is 0 Å². The fraction of sp³-hybridized carbons (Fsp3) is 0.0870. The SMILES string of the molecule is CN(C)C(=O)c1cc(C(=O)O)c(O)cc1C(=O)Nc1cccc(-c2ccc(Cl)cc2Cl)c1. The van der Waals surface area contributed by atoms with Crippen LogP contribution in [0.1, 0.15) is 31.1 Å². The van der Waals surface area contributed by atoms with E-state index in [1.807, 2.05) is 0 Å². The van der Waals surface area contributed by atoms with Crippen LogP contribution in [-0.2, 0) is 0 Å². The van der Waals surface area contributed by atoms with Crippen molar-refractivity contribution >= 4 is 46.7 Å². The zero-order chi connectivity index (χ0) is 23.6. The second-order valence-corrected chi connectivity index (χ2v) is 7.92. The maximum atomic E-state index is 13.0. The lowest BCUT2D eigenvalue weighted by atomic mass is 10.0. The van der Waals surface area contributed by atoms with E-state index in [1.165, 1.54) is 19.0 Å². The molecular weight excluding hydrogens is 455 g/mol. The van der Waals surface area contributed by atoms with Crippen LogP contribution in [0.3, 0.4) is 0 Å². The van der Waals surface area contributed by atoms with Crippen LogP contribution >= 0.6 is 23.2 Å². The molecule has 0 aromatic heterocycles. The minimum atomic E-state index is -1.42. The zero-order valence-electron chi connectivity index (χ0n) is 17.0. The number of phenols is 1. The molecule has 0 heterocycles. The number of aromatic carboxylic acids is 1. The highest BCUT2D eigenvalue weighted by Crippen LogP contribution is 2.32. The number of benzene rings is 3. The molecule has 0 spiro atoms. The number of carbonyl (C=O) groups is 3. The summed E-state index contributed by atoms with van der Waals surface area (Å²) in [6, 6.07) is 13.9. The predicted octanol–water partition coefficient (Wildman–Crippen LogP) is 5.02. The van der Waals surface area contributed by atoms with E-state index in [9.17, 15) is 24.6 Å². The lowest BCUT2D eigenvalue weighted by molar-refractivity contribution is 0.0693. The average Bonchev–Trinajstić information content (AvgIpc) is 2.72. The first-order valence-electron chi connectivity index (χ1n) is 9.27. The molecule has 0 radical (unpaired) electrons. The molecule has 2 amide bonds. The first-order valence-corrected chi connectivity index (χ1v) is 10.0. The molecule has 0 aliphatic carbocycles. The van der Waals surface area contributed by atoms with Crippen LogP contribution in [0.25, 0.3) is 11.1 Å². The molecular formula is C23H18Cl2N2O5. The monoisotopic (exact) mass is 472 g/mol. The minimum absolute atomic E-state index is 0.153. The number of hydrogen-bond acceptors (Lipinski definition) is 4. The Morgan fingerprint density at radius 1 is 0.906 bits per heavy atom. The molecule has 3 aromatic rings. The Bertz CT molecular complexity index is 1240. The van der Waals surface area contributed by atoms with Crippen LogP contribution in [0.5, 0.6) is 5.75 Å². The molecule has 32 heavy (non-hydrogen) atoms. The van der Waals surface area contributed by atoms with Gasteiger partial charge in [0.2, 0.25) is 0 Å². The molecule has 0 unspecified atom stereocenters. The molecule has 7 nitrogen and oxygen atoms in total. The van der Waals surface area contributed by atoms with Crippen molar-refractivity contribution in [3.63, 3.8) is 0 Å². The molecule has 3 rings (SSSR count). The van der Waals surface area contributed by atoms with Gasteiger partial charge in [0.05, 0.1) is 11.1 Å². The summed E-state index contributed by atoms with van der Waals surface area (Å²) >= 11 is 12.2. The van der Waals surface area contributed by atoms with Gasteiger partial charge in [0.15, 0.2) is 0 Å². The van der Waals surface area contributed by atoms with Crippen molar-refractivity contribution in [2.75, 3.05) is 19.4 Å². The summed E-state index contributed by atoms with van der Waals surface area (Å²) in [4.78, 5) is 38.1. The standard InChI is InChI=1S/C23H18Cl2N2O5/c1-27(2)22(30)17-10-18(23(31)32)20(28)11-16(17)21(29)26-14-5-3-4-12(8-14)15-7-6-13(24)9-19(15)25/h3-11,28H,1-2H3,(H,26,29)(H,31,32). The predicted molar refractivity (Wildman–Crippen MR) is 123 cm³/mol. The zero-order valence-corrected chi connectivity index (χ0v) is 18.5. The molecule has 0 bridgehead atoms.